The Morgan fingerprint density at radius 3 is 2.50 bits per heavy atom. The molecule has 28 heavy (non-hydrogen) atoms. The summed E-state index contributed by atoms with van der Waals surface area (Å²) in [6, 6.07) is 7.97. The number of aromatic nitrogens is 2. The van der Waals surface area contributed by atoms with Crippen molar-refractivity contribution in [3.63, 3.8) is 0 Å². The van der Waals surface area contributed by atoms with E-state index in [9.17, 15) is 9.59 Å². The third kappa shape index (κ3) is 4.67. The molecule has 1 fully saturated rings. The van der Waals surface area contributed by atoms with Gasteiger partial charge >= 0.3 is 0 Å². The molecular weight excluding hydrogens is 376 g/mol. The number of benzene rings is 1. The first-order chi connectivity index (χ1) is 13.5. The van der Waals surface area contributed by atoms with Gasteiger partial charge in [0.05, 0.1) is 18.6 Å². The molecule has 0 saturated carbocycles. The predicted molar refractivity (Wildman–Crippen MR) is 111 cm³/mol. The number of nitrogens with one attached hydrogen (secondary N) is 1. The second-order valence-electron chi connectivity index (χ2n) is 6.65. The van der Waals surface area contributed by atoms with Crippen molar-refractivity contribution in [1.29, 1.82) is 0 Å². The number of hydrogen-bond acceptors (Lipinski definition) is 6. The van der Waals surface area contributed by atoms with Gasteiger partial charge in [0.2, 0.25) is 5.91 Å². The fourth-order valence-corrected chi connectivity index (χ4v) is 3.98. The van der Waals surface area contributed by atoms with E-state index in [4.69, 9.17) is 4.74 Å². The summed E-state index contributed by atoms with van der Waals surface area (Å²) in [4.78, 5) is 35.9. The largest absolute Gasteiger partial charge is 0.497 e. The molecule has 1 aliphatic rings. The molecule has 1 N–H and O–H groups in total. The van der Waals surface area contributed by atoms with E-state index in [-0.39, 0.29) is 17.2 Å². The molecule has 0 atom stereocenters. The molecule has 0 unspecified atom stereocenters. The molecule has 0 spiro atoms. The SMILES string of the molecule is CCc1nc(SCC(=O)N2CCN(c3ccc(OC)cc3)CC2)[nH]c(=O)c1C. The fraction of sp³-hybridized carbons (Fsp3) is 0.450. The standard InChI is InChI=1S/C20H26N4O3S/c1-4-17-14(2)19(26)22-20(21-17)28-13-18(25)24-11-9-23(10-12-24)15-5-7-16(27-3)8-6-15/h5-8H,4,9-13H2,1-3H3,(H,21,22,26). The molecule has 8 heteroatoms. The van der Waals surface area contributed by atoms with Gasteiger partial charge in [0.1, 0.15) is 5.75 Å². The quantitative estimate of drug-likeness (QED) is 0.589. The lowest BCUT2D eigenvalue weighted by molar-refractivity contribution is -0.128. The minimum absolute atomic E-state index is 0.0700. The maximum Gasteiger partial charge on any atom is 0.254 e. The van der Waals surface area contributed by atoms with Crippen molar-refractivity contribution in [2.24, 2.45) is 0 Å². The van der Waals surface area contributed by atoms with Crippen LogP contribution in [0.5, 0.6) is 5.75 Å². The van der Waals surface area contributed by atoms with E-state index in [2.05, 4.69) is 14.9 Å². The maximum absolute atomic E-state index is 12.6. The van der Waals surface area contributed by atoms with Gasteiger partial charge in [-0.3, -0.25) is 9.59 Å². The predicted octanol–water partition coefficient (Wildman–Crippen LogP) is 2.09. The first-order valence-electron chi connectivity index (χ1n) is 9.41. The number of aryl methyl sites for hydroxylation is 1. The molecule has 1 aromatic carbocycles. The summed E-state index contributed by atoms with van der Waals surface area (Å²) < 4.78 is 5.20. The summed E-state index contributed by atoms with van der Waals surface area (Å²) in [5, 5.41) is 0.512. The average Bonchev–Trinajstić information content (AvgIpc) is 2.74. The van der Waals surface area contributed by atoms with Gasteiger partial charge in [-0.1, -0.05) is 18.7 Å². The Hall–Kier alpha value is -2.48. The van der Waals surface area contributed by atoms with Crippen molar-refractivity contribution in [1.82, 2.24) is 14.9 Å². The Morgan fingerprint density at radius 2 is 1.89 bits per heavy atom. The highest BCUT2D eigenvalue weighted by Crippen LogP contribution is 2.21. The average molecular weight is 403 g/mol. The smallest absolute Gasteiger partial charge is 0.254 e. The number of nitrogens with zero attached hydrogens (tertiary/aromatic N) is 3. The molecule has 7 nitrogen and oxygen atoms in total. The number of amides is 1. The van der Waals surface area contributed by atoms with Crippen LogP contribution in [-0.2, 0) is 11.2 Å². The molecule has 1 amide bonds. The topological polar surface area (TPSA) is 78.5 Å². The van der Waals surface area contributed by atoms with E-state index >= 15 is 0 Å². The molecule has 3 rings (SSSR count). The highest BCUT2D eigenvalue weighted by atomic mass is 32.2. The summed E-state index contributed by atoms with van der Waals surface area (Å²) in [6.45, 7) is 6.70. The molecule has 2 aromatic rings. The highest BCUT2D eigenvalue weighted by Gasteiger charge is 2.21. The summed E-state index contributed by atoms with van der Waals surface area (Å²) in [7, 11) is 1.65. The van der Waals surface area contributed by atoms with Crippen LogP contribution < -0.4 is 15.2 Å². The Balaban J connectivity index is 1.52. The van der Waals surface area contributed by atoms with E-state index in [1.54, 1.807) is 14.0 Å². The highest BCUT2D eigenvalue weighted by molar-refractivity contribution is 7.99. The van der Waals surface area contributed by atoms with Crippen LogP contribution in [0, 0.1) is 6.92 Å². The van der Waals surface area contributed by atoms with Crippen LogP contribution in [0.1, 0.15) is 18.2 Å². The number of hydrogen-bond donors (Lipinski definition) is 1. The van der Waals surface area contributed by atoms with Gasteiger partial charge in [0.15, 0.2) is 5.16 Å². The van der Waals surface area contributed by atoms with Crippen molar-refractivity contribution >= 4 is 23.4 Å². The molecule has 150 valence electrons. The summed E-state index contributed by atoms with van der Waals surface area (Å²) >= 11 is 1.29. The van der Waals surface area contributed by atoms with E-state index in [1.165, 1.54) is 11.8 Å². The van der Waals surface area contributed by atoms with Crippen LogP contribution in [-0.4, -0.2) is 59.8 Å². The number of carbonyl (C=O) groups excluding carboxylic acids is 1. The van der Waals surface area contributed by atoms with Gasteiger partial charge in [-0.25, -0.2) is 4.98 Å². The van der Waals surface area contributed by atoms with E-state index < -0.39 is 0 Å². The Kier molecular flexibility index (Phi) is 6.61. The number of piperazine rings is 1. The summed E-state index contributed by atoms with van der Waals surface area (Å²) in [5.41, 5.74) is 2.44. The van der Waals surface area contributed by atoms with Gasteiger partial charge in [-0.2, -0.15) is 0 Å². The molecule has 2 heterocycles. The number of H-pyrrole nitrogens is 1. The van der Waals surface area contributed by atoms with E-state index in [0.29, 0.717) is 30.2 Å². The van der Waals surface area contributed by atoms with Crippen LogP contribution in [0.25, 0.3) is 0 Å². The molecule has 1 aromatic heterocycles. The van der Waals surface area contributed by atoms with Crippen molar-refractivity contribution in [2.75, 3.05) is 43.9 Å². The molecule has 1 saturated heterocycles. The van der Waals surface area contributed by atoms with Crippen LogP contribution >= 0.6 is 11.8 Å². The van der Waals surface area contributed by atoms with Crippen molar-refractivity contribution in [3.8, 4) is 5.75 Å². The van der Waals surface area contributed by atoms with Gasteiger partial charge < -0.3 is 19.5 Å². The van der Waals surface area contributed by atoms with Crippen molar-refractivity contribution in [3.05, 3.63) is 45.9 Å². The number of rotatable bonds is 6. The zero-order valence-corrected chi connectivity index (χ0v) is 17.3. The minimum atomic E-state index is -0.130. The van der Waals surface area contributed by atoms with Crippen LogP contribution in [0.15, 0.2) is 34.2 Å². The lowest BCUT2D eigenvalue weighted by Gasteiger charge is -2.36. The van der Waals surface area contributed by atoms with Gasteiger partial charge in [0.25, 0.3) is 5.56 Å². The van der Waals surface area contributed by atoms with Crippen LogP contribution in [0.4, 0.5) is 5.69 Å². The summed E-state index contributed by atoms with van der Waals surface area (Å²) in [6.07, 6.45) is 0.699. The van der Waals surface area contributed by atoms with Crippen LogP contribution in [0.3, 0.4) is 0 Å². The molecule has 1 aliphatic heterocycles. The number of methoxy groups -OCH3 is 1. The fourth-order valence-electron chi connectivity index (χ4n) is 3.20. The Morgan fingerprint density at radius 1 is 1.21 bits per heavy atom. The Bertz CT molecular complexity index is 874. The number of thioether (sulfide) groups is 1. The number of ether oxygens (including phenoxy) is 1. The zero-order chi connectivity index (χ0) is 20.1. The van der Waals surface area contributed by atoms with Gasteiger partial charge in [-0.05, 0) is 37.6 Å². The molecule has 0 bridgehead atoms. The maximum atomic E-state index is 12.6. The number of anilines is 1. The normalized spacial score (nSPS) is 14.2. The van der Waals surface area contributed by atoms with E-state index in [0.717, 1.165) is 30.2 Å². The van der Waals surface area contributed by atoms with Crippen LogP contribution in [0.2, 0.25) is 0 Å². The third-order valence-electron chi connectivity index (χ3n) is 4.97. The minimum Gasteiger partial charge on any atom is -0.497 e. The van der Waals surface area contributed by atoms with E-state index in [1.807, 2.05) is 36.1 Å². The van der Waals surface area contributed by atoms with Crippen molar-refractivity contribution in [2.45, 2.75) is 25.4 Å². The van der Waals surface area contributed by atoms with Gasteiger partial charge in [0, 0.05) is 37.4 Å². The lowest BCUT2D eigenvalue weighted by Crippen LogP contribution is -2.49. The number of carbonyl (C=O) groups is 1. The molecule has 0 aliphatic carbocycles. The first-order valence-corrected chi connectivity index (χ1v) is 10.4. The Labute approximate surface area is 169 Å². The summed E-state index contributed by atoms with van der Waals surface area (Å²) in [5.74, 6) is 1.18. The van der Waals surface area contributed by atoms with Gasteiger partial charge in [-0.15, -0.1) is 0 Å². The zero-order valence-electron chi connectivity index (χ0n) is 16.5. The first kappa shape index (κ1) is 20.3. The molecule has 0 radical (unpaired) electrons. The second kappa shape index (κ2) is 9.14. The molecular formula is C20H26N4O3S. The van der Waals surface area contributed by atoms with Crippen molar-refractivity contribution < 1.29 is 9.53 Å². The third-order valence-corrected chi connectivity index (χ3v) is 5.83. The monoisotopic (exact) mass is 402 g/mol. The second-order valence-corrected chi connectivity index (χ2v) is 7.61. The lowest BCUT2D eigenvalue weighted by atomic mass is 10.2. The number of aromatic amines is 1.